The van der Waals surface area contributed by atoms with E-state index in [9.17, 15) is 0 Å². The minimum absolute atomic E-state index is 0.275. The highest BCUT2D eigenvalue weighted by molar-refractivity contribution is 6.00. The molecular weight excluding hydrogens is 414 g/mol. The molecule has 1 spiro atoms. The highest BCUT2D eigenvalue weighted by Crippen LogP contribution is 2.63. The zero-order valence-electron chi connectivity index (χ0n) is 19.0. The molecule has 8 rings (SSSR count). The third kappa shape index (κ3) is 2.15. The van der Waals surface area contributed by atoms with Crippen molar-refractivity contribution in [3.05, 3.63) is 113 Å². The van der Waals surface area contributed by atoms with Crippen molar-refractivity contribution in [2.45, 2.75) is 11.8 Å². The maximum absolute atomic E-state index is 4.91. The van der Waals surface area contributed by atoms with Crippen LogP contribution in [-0.4, -0.2) is 37.0 Å². The van der Waals surface area contributed by atoms with Crippen molar-refractivity contribution >= 4 is 11.6 Å². The molecule has 0 amide bonds. The number of guanidine groups is 1. The molecule has 4 aromatic rings. The first-order chi connectivity index (χ1) is 16.9. The third-order valence-electron chi connectivity index (χ3n) is 8.25. The average molecular weight is 440 g/mol. The highest BCUT2D eigenvalue weighted by atomic mass is 15.4. The van der Waals surface area contributed by atoms with Crippen LogP contribution in [0.5, 0.6) is 0 Å². The summed E-state index contributed by atoms with van der Waals surface area (Å²) in [5, 5.41) is 0. The van der Waals surface area contributed by atoms with Gasteiger partial charge >= 0.3 is 0 Å². The number of benzene rings is 4. The Bertz CT molecular complexity index is 1450. The van der Waals surface area contributed by atoms with Crippen molar-refractivity contribution in [2.75, 3.05) is 31.1 Å². The van der Waals surface area contributed by atoms with Crippen LogP contribution in [0.4, 0.5) is 5.69 Å². The lowest BCUT2D eigenvalue weighted by Gasteiger charge is -2.31. The van der Waals surface area contributed by atoms with E-state index in [0.717, 1.165) is 38.6 Å². The normalized spacial score (nSPS) is 18.3. The van der Waals surface area contributed by atoms with Crippen molar-refractivity contribution < 1.29 is 0 Å². The topological polar surface area (TPSA) is 18.8 Å². The molecule has 0 N–H and O–H groups in total. The van der Waals surface area contributed by atoms with Gasteiger partial charge in [0, 0.05) is 31.9 Å². The largest absolute Gasteiger partial charge is 0.341 e. The summed E-state index contributed by atoms with van der Waals surface area (Å²) in [6.07, 6.45) is 1.16. The van der Waals surface area contributed by atoms with Gasteiger partial charge in [0.2, 0.25) is 5.96 Å². The SMILES string of the molecule is c1ccc2c(c1)-c1ccccc1C21c2ccccc2-c2ccc(N3CCN4CCCN=C43)cc21. The van der Waals surface area contributed by atoms with Crippen LogP contribution in [-0.2, 0) is 5.41 Å². The van der Waals surface area contributed by atoms with E-state index in [2.05, 4.69) is 101 Å². The maximum atomic E-state index is 4.91. The number of nitrogens with zero attached hydrogens (tertiary/aromatic N) is 3. The van der Waals surface area contributed by atoms with Crippen LogP contribution >= 0.6 is 0 Å². The van der Waals surface area contributed by atoms with Crippen molar-refractivity contribution in [3.8, 4) is 22.3 Å². The fourth-order valence-corrected chi connectivity index (χ4v) is 6.92. The summed E-state index contributed by atoms with van der Waals surface area (Å²) in [5.74, 6) is 1.16. The molecule has 4 aliphatic rings. The van der Waals surface area contributed by atoms with Gasteiger partial charge in [-0.2, -0.15) is 0 Å². The molecule has 3 nitrogen and oxygen atoms in total. The Morgan fingerprint density at radius 3 is 1.82 bits per heavy atom. The van der Waals surface area contributed by atoms with Crippen molar-refractivity contribution in [2.24, 2.45) is 4.99 Å². The van der Waals surface area contributed by atoms with Crippen LogP contribution in [0.2, 0.25) is 0 Å². The maximum Gasteiger partial charge on any atom is 0.201 e. The smallest absolute Gasteiger partial charge is 0.201 e. The Labute approximate surface area is 200 Å². The molecule has 1 saturated heterocycles. The van der Waals surface area contributed by atoms with Gasteiger partial charge in [0.05, 0.1) is 5.41 Å². The number of hydrogen-bond donors (Lipinski definition) is 0. The molecule has 34 heavy (non-hydrogen) atoms. The van der Waals surface area contributed by atoms with Gasteiger partial charge in [-0.1, -0.05) is 78.9 Å². The van der Waals surface area contributed by atoms with Crippen LogP contribution in [0.3, 0.4) is 0 Å². The summed E-state index contributed by atoms with van der Waals surface area (Å²) in [7, 11) is 0. The molecule has 2 aliphatic heterocycles. The van der Waals surface area contributed by atoms with Gasteiger partial charge in [0.1, 0.15) is 0 Å². The highest BCUT2D eigenvalue weighted by Gasteiger charge is 2.51. The van der Waals surface area contributed by atoms with Gasteiger partial charge in [-0.25, -0.2) is 0 Å². The number of fused-ring (bicyclic) bond motifs is 11. The molecule has 0 atom stereocenters. The molecule has 0 bridgehead atoms. The molecule has 1 fully saturated rings. The van der Waals surface area contributed by atoms with E-state index in [0.29, 0.717) is 0 Å². The monoisotopic (exact) mass is 439 g/mol. The molecule has 164 valence electrons. The zero-order valence-corrected chi connectivity index (χ0v) is 19.0. The summed E-state index contributed by atoms with van der Waals surface area (Å²) < 4.78 is 0. The minimum atomic E-state index is -0.275. The fraction of sp³-hybridized carbons (Fsp3) is 0.194. The first-order valence-corrected chi connectivity index (χ1v) is 12.4. The lowest BCUT2D eigenvalue weighted by Crippen LogP contribution is -2.37. The standard InChI is InChI=1S/C31H25N3/c1-4-11-26-22(8-1)23-9-2-5-12-27(23)31(26)28-13-6-3-10-24(28)25-15-14-21(20-29(25)31)34-19-18-33-17-7-16-32-30(33)34/h1-6,8-15,20H,7,16-19H2. The minimum Gasteiger partial charge on any atom is -0.341 e. The molecule has 2 aliphatic carbocycles. The van der Waals surface area contributed by atoms with Crippen LogP contribution in [0.25, 0.3) is 22.3 Å². The Morgan fingerprint density at radius 1 is 0.588 bits per heavy atom. The third-order valence-corrected chi connectivity index (χ3v) is 8.25. The molecule has 0 saturated carbocycles. The van der Waals surface area contributed by atoms with Crippen molar-refractivity contribution in [3.63, 3.8) is 0 Å². The van der Waals surface area contributed by atoms with Crippen LogP contribution in [0.1, 0.15) is 28.7 Å². The van der Waals surface area contributed by atoms with Crippen LogP contribution < -0.4 is 4.90 Å². The van der Waals surface area contributed by atoms with Gasteiger partial charge in [-0.15, -0.1) is 0 Å². The first kappa shape index (κ1) is 18.6. The van der Waals surface area contributed by atoms with Gasteiger partial charge < -0.3 is 9.80 Å². The Balaban J connectivity index is 1.43. The second kappa shape index (κ2) is 6.60. The lowest BCUT2D eigenvalue weighted by atomic mass is 9.70. The second-order valence-corrected chi connectivity index (χ2v) is 9.79. The second-order valence-electron chi connectivity index (χ2n) is 9.79. The van der Waals surface area contributed by atoms with Crippen molar-refractivity contribution in [1.82, 2.24) is 4.90 Å². The van der Waals surface area contributed by atoms with E-state index in [1.807, 2.05) is 0 Å². The summed E-state index contributed by atoms with van der Waals surface area (Å²) in [6.45, 7) is 4.12. The number of rotatable bonds is 1. The summed E-state index contributed by atoms with van der Waals surface area (Å²) in [4.78, 5) is 9.79. The Kier molecular flexibility index (Phi) is 3.60. The summed E-state index contributed by atoms with van der Waals surface area (Å²) in [6, 6.07) is 34.2. The fourth-order valence-electron chi connectivity index (χ4n) is 6.92. The summed E-state index contributed by atoms with van der Waals surface area (Å²) >= 11 is 0. The van der Waals surface area contributed by atoms with Crippen molar-refractivity contribution in [1.29, 1.82) is 0 Å². The molecule has 2 heterocycles. The van der Waals surface area contributed by atoms with E-state index in [4.69, 9.17) is 4.99 Å². The van der Waals surface area contributed by atoms with Gasteiger partial charge in [0.25, 0.3) is 0 Å². The van der Waals surface area contributed by atoms with Gasteiger partial charge in [-0.05, 0) is 63.1 Å². The van der Waals surface area contributed by atoms with Gasteiger partial charge in [-0.3, -0.25) is 4.99 Å². The molecule has 0 unspecified atom stereocenters. The quantitative estimate of drug-likeness (QED) is 0.317. The van der Waals surface area contributed by atoms with E-state index in [-0.39, 0.29) is 5.41 Å². The van der Waals surface area contributed by atoms with Gasteiger partial charge in [0.15, 0.2) is 0 Å². The number of hydrogen-bond acceptors (Lipinski definition) is 3. The lowest BCUT2D eigenvalue weighted by molar-refractivity contribution is 0.434. The van der Waals surface area contributed by atoms with E-state index >= 15 is 0 Å². The Hall–Kier alpha value is -3.85. The predicted molar refractivity (Wildman–Crippen MR) is 139 cm³/mol. The van der Waals surface area contributed by atoms with E-state index < -0.39 is 0 Å². The molecular formula is C31H25N3. The number of aliphatic imine (C=N–C) groups is 1. The summed E-state index contributed by atoms with van der Waals surface area (Å²) in [5.41, 5.74) is 12.0. The van der Waals surface area contributed by atoms with Crippen LogP contribution in [0.15, 0.2) is 96.0 Å². The van der Waals surface area contributed by atoms with E-state index in [1.54, 1.807) is 0 Å². The van der Waals surface area contributed by atoms with Crippen LogP contribution in [0, 0.1) is 0 Å². The number of anilines is 1. The zero-order chi connectivity index (χ0) is 22.3. The average Bonchev–Trinajstić information content (AvgIpc) is 3.55. The predicted octanol–water partition coefficient (Wildman–Crippen LogP) is 5.91. The molecule has 3 heteroatoms. The molecule has 0 radical (unpaired) electrons. The van der Waals surface area contributed by atoms with E-state index in [1.165, 1.54) is 50.2 Å². The molecule has 0 aromatic heterocycles. The molecule has 4 aromatic carbocycles. The first-order valence-electron chi connectivity index (χ1n) is 12.4. The Morgan fingerprint density at radius 2 is 1.18 bits per heavy atom.